The quantitative estimate of drug-likeness (QED) is 0.561. The van der Waals surface area contributed by atoms with Gasteiger partial charge in [-0.25, -0.2) is 0 Å². The minimum absolute atomic E-state index is 0.851. The van der Waals surface area contributed by atoms with Gasteiger partial charge in [0.15, 0.2) is 0 Å². The molecule has 0 aromatic heterocycles. The van der Waals surface area contributed by atoms with E-state index < -0.39 is 0 Å². The Morgan fingerprint density at radius 3 is 2.67 bits per heavy atom. The maximum Gasteiger partial charge on any atom is 0.0589 e. The summed E-state index contributed by atoms with van der Waals surface area (Å²) in [5.41, 5.74) is 5.21. The fourth-order valence-electron chi connectivity index (χ4n) is 2.15. The van der Waals surface area contributed by atoms with Gasteiger partial charge in [0, 0.05) is 10.9 Å². The van der Waals surface area contributed by atoms with Crippen LogP contribution in [0.15, 0.2) is 40.9 Å². The molecule has 2 aromatic rings. The van der Waals surface area contributed by atoms with Crippen molar-refractivity contribution in [2.75, 3.05) is 0 Å². The van der Waals surface area contributed by atoms with E-state index in [-0.39, 0.29) is 0 Å². The maximum atomic E-state index is 6.28. The van der Waals surface area contributed by atoms with E-state index in [1.165, 1.54) is 22.3 Å². The van der Waals surface area contributed by atoms with Crippen molar-refractivity contribution < 1.29 is 0 Å². The van der Waals surface area contributed by atoms with E-state index >= 15 is 0 Å². The van der Waals surface area contributed by atoms with E-state index in [1.807, 2.05) is 6.07 Å². The number of hydrogen-bond donors (Lipinski definition) is 0. The van der Waals surface area contributed by atoms with Crippen molar-refractivity contribution in [2.24, 2.45) is 0 Å². The van der Waals surface area contributed by atoms with Gasteiger partial charge in [-0.2, -0.15) is 0 Å². The molecule has 0 bridgehead atoms. The first kappa shape index (κ1) is 9.44. The van der Waals surface area contributed by atoms with Crippen LogP contribution in [0, 0.1) is 0 Å². The Morgan fingerprint density at radius 1 is 1.00 bits per heavy atom. The highest BCUT2D eigenvalue weighted by molar-refractivity contribution is 9.10. The zero-order valence-corrected chi connectivity index (χ0v) is 10.3. The molecule has 0 aliphatic heterocycles. The summed E-state index contributed by atoms with van der Waals surface area (Å²) in [4.78, 5) is 0. The highest BCUT2D eigenvalue weighted by Crippen LogP contribution is 2.42. The Balaban J connectivity index is 2.31. The van der Waals surface area contributed by atoms with E-state index in [1.54, 1.807) is 0 Å². The van der Waals surface area contributed by atoms with Gasteiger partial charge in [-0.1, -0.05) is 41.9 Å². The average Bonchev–Trinajstić information content (AvgIpc) is 2.63. The van der Waals surface area contributed by atoms with Gasteiger partial charge in [0.25, 0.3) is 0 Å². The molecule has 0 atom stereocenters. The van der Waals surface area contributed by atoms with Crippen LogP contribution in [0.5, 0.6) is 0 Å². The lowest BCUT2D eigenvalue weighted by Crippen LogP contribution is -1.83. The molecule has 0 fully saturated rings. The molecule has 1 aliphatic rings. The first-order valence-electron chi connectivity index (χ1n) is 4.82. The molecular formula is C13H8BrCl. The van der Waals surface area contributed by atoms with Crippen molar-refractivity contribution in [3.63, 3.8) is 0 Å². The Kier molecular flexibility index (Phi) is 2.11. The van der Waals surface area contributed by atoms with Crippen LogP contribution >= 0.6 is 27.5 Å². The smallest absolute Gasteiger partial charge is 0.0589 e. The third kappa shape index (κ3) is 1.34. The zero-order valence-electron chi connectivity index (χ0n) is 7.93. The maximum absolute atomic E-state index is 6.28. The molecule has 2 aromatic carbocycles. The number of fused-ring (bicyclic) bond motifs is 3. The number of benzene rings is 2. The van der Waals surface area contributed by atoms with Gasteiger partial charge >= 0.3 is 0 Å². The number of halogens is 2. The van der Waals surface area contributed by atoms with Crippen LogP contribution in [0.2, 0.25) is 5.02 Å². The van der Waals surface area contributed by atoms with Crippen LogP contribution in [-0.2, 0) is 6.42 Å². The Bertz CT molecular complexity index is 546. The summed E-state index contributed by atoms with van der Waals surface area (Å²) >= 11 is 9.74. The molecule has 0 heterocycles. The Labute approximate surface area is 102 Å². The molecule has 0 amide bonds. The van der Waals surface area contributed by atoms with Crippen LogP contribution in [-0.4, -0.2) is 0 Å². The van der Waals surface area contributed by atoms with E-state index in [4.69, 9.17) is 11.6 Å². The SMILES string of the molecule is Clc1c(Br)ccc2c1Cc1ccccc1-2. The van der Waals surface area contributed by atoms with Crippen LogP contribution in [0.4, 0.5) is 0 Å². The van der Waals surface area contributed by atoms with Gasteiger partial charge in [0.2, 0.25) is 0 Å². The zero-order chi connectivity index (χ0) is 10.4. The second kappa shape index (κ2) is 3.36. The van der Waals surface area contributed by atoms with Crippen LogP contribution in [0.1, 0.15) is 11.1 Å². The van der Waals surface area contributed by atoms with Crippen LogP contribution in [0.25, 0.3) is 11.1 Å². The van der Waals surface area contributed by atoms with Gasteiger partial charge < -0.3 is 0 Å². The third-order valence-corrected chi connectivity index (χ3v) is 4.19. The minimum Gasteiger partial charge on any atom is -0.0828 e. The molecule has 74 valence electrons. The number of hydrogen-bond acceptors (Lipinski definition) is 0. The molecule has 0 unspecified atom stereocenters. The normalized spacial score (nSPS) is 12.4. The van der Waals surface area contributed by atoms with Crippen molar-refractivity contribution >= 4 is 27.5 Å². The molecule has 0 spiro atoms. The Hall–Kier alpha value is -0.790. The molecule has 15 heavy (non-hydrogen) atoms. The molecule has 3 rings (SSSR count). The molecule has 0 N–H and O–H groups in total. The lowest BCUT2D eigenvalue weighted by Gasteiger charge is -2.03. The fraction of sp³-hybridized carbons (Fsp3) is 0.0769. The Morgan fingerprint density at radius 2 is 1.80 bits per heavy atom. The van der Waals surface area contributed by atoms with Gasteiger partial charge in [-0.15, -0.1) is 0 Å². The van der Waals surface area contributed by atoms with E-state index in [0.29, 0.717) is 0 Å². The van der Waals surface area contributed by atoms with Crippen molar-refractivity contribution in [2.45, 2.75) is 6.42 Å². The summed E-state index contributed by atoms with van der Waals surface area (Å²) in [7, 11) is 0. The lowest BCUT2D eigenvalue weighted by molar-refractivity contribution is 1.26. The van der Waals surface area contributed by atoms with E-state index in [9.17, 15) is 0 Å². The molecule has 0 saturated heterocycles. The standard InChI is InChI=1S/C13H8BrCl/c14-12-6-5-10-9-4-2-1-3-8(9)7-11(10)13(12)15/h1-6H,7H2. The third-order valence-electron chi connectivity index (χ3n) is 2.87. The molecule has 2 heteroatoms. The molecular weight excluding hydrogens is 272 g/mol. The summed E-state index contributed by atoms with van der Waals surface area (Å²) in [6.45, 7) is 0. The molecule has 1 aliphatic carbocycles. The minimum atomic E-state index is 0.851. The van der Waals surface area contributed by atoms with Crippen molar-refractivity contribution in [3.8, 4) is 11.1 Å². The van der Waals surface area contributed by atoms with Crippen molar-refractivity contribution in [1.82, 2.24) is 0 Å². The summed E-state index contributed by atoms with van der Waals surface area (Å²) in [5.74, 6) is 0. The highest BCUT2D eigenvalue weighted by atomic mass is 79.9. The first-order valence-corrected chi connectivity index (χ1v) is 5.99. The monoisotopic (exact) mass is 278 g/mol. The highest BCUT2D eigenvalue weighted by Gasteiger charge is 2.20. The summed E-state index contributed by atoms with van der Waals surface area (Å²) in [6.07, 6.45) is 0.948. The predicted octanol–water partition coefficient (Wildman–Crippen LogP) is 4.67. The van der Waals surface area contributed by atoms with Crippen molar-refractivity contribution in [1.29, 1.82) is 0 Å². The summed E-state index contributed by atoms with van der Waals surface area (Å²) < 4.78 is 0.982. The van der Waals surface area contributed by atoms with Gasteiger partial charge in [-0.3, -0.25) is 0 Å². The largest absolute Gasteiger partial charge is 0.0828 e. The lowest BCUT2D eigenvalue weighted by atomic mass is 10.1. The average molecular weight is 280 g/mol. The van der Waals surface area contributed by atoms with E-state index in [0.717, 1.165) is 15.9 Å². The first-order chi connectivity index (χ1) is 7.27. The predicted molar refractivity (Wildman–Crippen MR) is 67.4 cm³/mol. The summed E-state index contributed by atoms with van der Waals surface area (Å²) in [5, 5.41) is 0.851. The molecule has 0 nitrogen and oxygen atoms in total. The molecule has 0 radical (unpaired) electrons. The second-order valence-electron chi connectivity index (χ2n) is 3.72. The van der Waals surface area contributed by atoms with Crippen molar-refractivity contribution in [3.05, 3.63) is 57.0 Å². The second-order valence-corrected chi connectivity index (χ2v) is 4.95. The van der Waals surface area contributed by atoms with Gasteiger partial charge in [0.05, 0.1) is 5.02 Å². The van der Waals surface area contributed by atoms with E-state index in [2.05, 4.69) is 46.3 Å². The van der Waals surface area contributed by atoms with Crippen LogP contribution in [0.3, 0.4) is 0 Å². The fourth-order valence-corrected chi connectivity index (χ4v) is 2.75. The molecule has 0 saturated carbocycles. The van der Waals surface area contributed by atoms with Gasteiger partial charge in [-0.05, 0) is 44.3 Å². The van der Waals surface area contributed by atoms with Crippen LogP contribution < -0.4 is 0 Å². The topological polar surface area (TPSA) is 0 Å². The summed E-state index contributed by atoms with van der Waals surface area (Å²) in [6, 6.07) is 12.6. The number of rotatable bonds is 0. The van der Waals surface area contributed by atoms with Gasteiger partial charge in [0.1, 0.15) is 0 Å².